The van der Waals surface area contributed by atoms with Crippen LogP contribution in [0.2, 0.25) is 10.0 Å². The highest BCUT2D eigenvalue weighted by Gasteiger charge is 2.14. The number of aromatic nitrogens is 4. The molecule has 2 aromatic heterocycles. The average molecular weight is 350 g/mol. The van der Waals surface area contributed by atoms with Gasteiger partial charge in [-0.05, 0) is 25.1 Å². The first-order chi connectivity index (χ1) is 11.0. The summed E-state index contributed by atoms with van der Waals surface area (Å²) in [6.45, 7) is 1.87. The number of nitrogens with zero attached hydrogens (tertiary/aromatic N) is 3. The maximum Gasteiger partial charge on any atom is 0.273 e. The van der Waals surface area contributed by atoms with Crippen LogP contribution in [0.4, 0.5) is 5.69 Å². The molecule has 2 N–H and O–H groups in total. The third-order valence-electron chi connectivity index (χ3n) is 3.52. The average Bonchev–Trinajstić information content (AvgIpc) is 3.13. The van der Waals surface area contributed by atoms with E-state index in [0.717, 1.165) is 11.3 Å². The van der Waals surface area contributed by atoms with Gasteiger partial charge in [0.25, 0.3) is 5.91 Å². The van der Waals surface area contributed by atoms with E-state index < -0.39 is 0 Å². The summed E-state index contributed by atoms with van der Waals surface area (Å²) in [5.41, 5.74) is 3.24. The number of nitrogens with one attached hydrogen (secondary N) is 2. The highest BCUT2D eigenvalue weighted by molar-refractivity contribution is 6.42. The number of halogens is 2. The molecule has 8 heteroatoms. The van der Waals surface area contributed by atoms with Crippen molar-refractivity contribution in [3.8, 4) is 11.3 Å². The molecule has 2 heterocycles. The van der Waals surface area contributed by atoms with E-state index in [-0.39, 0.29) is 5.91 Å². The Morgan fingerprint density at radius 3 is 2.70 bits per heavy atom. The molecule has 3 rings (SSSR count). The number of hydrogen-bond acceptors (Lipinski definition) is 3. The molecular formula is C15H13Cl2N5O. The Hall–Kier alpha value is -2.31. The Kier molecular flexibility index (Phi) is 4.11. The predicted molar refractivity (Wildman–Crippen MR) is 89.9 cm³/mol. The van der Waals surface area contributed by atoms with Crippen molar-refractivity contribution in [3.63, 3.8) is 0 Å². The topological polar surface area (TPSA) is 75.6 Å². The summed E-state index contributed by atoms with van der Waals surface area (Å²) < 4.78 is 1.68. The summed E-state index contributed by atoms with van der Waals surface area (Å²) >= 11 is 11.9. The number of carbonyl (C=O) groups excluding carboxylic acids is 1. The summed E-state index contributed by atoms with van der Waals surface area (Å²) in [4.78, 5) is 12.3. The van der Waals surface area contributed by atoms with Gasteiger partial charge in [0, 0.05) is 12.6 Å². The minimum atomic E-state index is -0.292. The van der Waals surface area contributed by atoms with Gasteiger partial charge < -0.3 is 5.32 Å². The molecule has 0 fully saturated rings. The third kappa shape index (κ3) is 3.09. The molecule has 0 unspecified atom stereocenters. The number of hydrogen-bond donors (Lipinski definition) is 2. The Bertz CT molecular complexity index is 884. The second-order valence-corrected chi connectivity index (χ2v) is 5.83. The Morgan fingerprint density at radius 2 is 2.04 bits per heavy atom. The number of H-pyrrole nitrogens is 1. The van der Waals surface area contributed by atoms with Gasteiger partial charge in [0.15, 0.2) is 0 Å². The largest absolute Gasteiger partial charge is 0.318 e. The standard InChI is InChI=1S/C15H13Cl2N5O/c1-8-14(7-18-22(8)2)19-15(23)13-6-12(20-21-13)9-3-4-10(16)11(17)5-9/h3-7H,1-2H3,(H,19,23)(H,20,21). The molecule has 0 saturated carbocycles. The maximum absolute atomic E-state index is 12.3. The van der Waals surface area contributed by atoms with Gasteiger partial charge in [0.05, 0.1) is 33.3 Å². The van der Waals surface area contributed by atoms with Gasteiger partial charge >= 0.3 is 0 Å². The number of carbonyl (C=O) groups is 1. The van der Waals surface area contributed by atoms with Crippen molar-refractivity contribution in [2.75, 3.05) is 5.32 Å². The molecule has 0 bridgehead atoms. The van der Waals surface area contributed by atoms with E-state index in [1.165, 1.54) is 0 Å². The van der Waals surface area contributed by atoms with Crippen molar-refractivity contribution in [1.82, 2.24) is 20.0 Å². The quantitative estimate of drug-likeness (QED) is 0.757. The first-order valence-electron chi connectivity index (χ1n) is 6.76. The Balaban J connectivity index is 1.82. The highest BCUT2D eigenvalue weighted by Crippen LogP contribution is 2.27. The van der Waals surface area contributed by atoms with Crippen molar-refractivity contribution in [1.29, 1.82) is 0 Å². The molecule has 0 aliphatic carbocycles. The molecule has 6 nitrogen and oxygen atoms in total. The van der Waals surface area contributed by atoms with Crippen LogP contribution in [-0.2, 0) is 7.05 Å². The minimum absolute atomic E-state index is 0.292. The number of rotatable bonds is 3. The van der Waals surface area contributed by atoms with Gasteiger partial charge in [0.2, 0.25) is 0 Å². The van der Waals surface area contributed by atoms with Crippen LogP contribution in [0, 0.1) is 6.92 Å². The van der Waals surface area contributed by atoms with E-state index in [2.05, 4.69) is 20.6 Å². The van der Waals surface area contributed by atoms with E-state index in [9.17, 15) is 4.79 Å². The second kappa shape index (κ2) is 6.06. The van der Waals surface area contributed by atoms with Crippen LogP contribution in [0.5, 0.6) is 0 Å². The molecular weight excluding hydrogens is 337 g/mol. The number of amides is 1. The predicted octanol–water partition coefficient (Wildman–Crippen LogP) is 3.68. The normalized spacial score (nSPS) is 10.8. The molecule has 3 aromatic rings. The van der Waals surface area contributed by atoms with E-state index in [4.69, 9.17) is 23.2 Å². The van der Waals surface area contributed by atoms with Crippen LogP contribution in [0.3, 0.4) is 0 Å². The Morgan fingerprint density at radius 1 is 1.26 bits per heavy atom. The molecule has 23 heavy (non-hydrogen) atoms. The van der Waals surface area contributed by atoms with Crippen LogP contribution in [0.1, 0.15) is 16.2 Å². The van der Waals surface area contributed by atoms with Crippen molar-refractivity contribution in [2.24, 2.45) is 7.05 Å². The lowest BCUT2D eigenvalue weighted by atomic mass is 10.1. The fourth-order valence-electron chi connectivity index (χ4n) is 2.05. The summed E-state index contributed by atoms with van der Waals surface area (Å²) in [5.74, 6) is -0.292. The number of aromatic amines is 1. The maximum atomic E-state index is 12.3. The summed E-state index contributed by atoms with van der Waals surface area (Å²) in [7, 11) is 1.81. The van der Waals surface area contributed by atoms with E-state index in [1.54, 1.807) is 35.1 Å². The zero-order chi connectivity index (χ0) is 16.6. The van der Waals surface area contributed by atoms with Crippen LogP contribution < -0.4 is 5.32 Å². The van der Waals surface area contributed by atoms with Gasteiger partial charge in [-0.1, -0.05) is 29.3 Å². The second-order valence-electron chi connectivity index (χ2n) is 5.02. The van der Waals surface area contributed by atoms with Crippen molar-refractivity contribution >= 4 is 34.8 Å². The SMILES string of the molecule is Cc1c(NC(=O)c2cc(-c3ccc(Cl)c(Cl)c3)n[nH]2)cnn1C. The summed E-state index contributed by atoms with van der Waals surface area (Å²) in [6.07, 6.45) is 1.60. The first-order valence-corrected chi connectivity index (χ1v) is 7.52. The van der Waals surface area contributed by atoms with Crippen molar-refractivity contribution < 1.29 is 4.79 Å². The zero-order valence-electron chi connectivity index (χ0n) is 12.4. The molecule has 1 aromatic carbocycles. The molecule has 0 aliphatic heterocycles. The highest BCUT2D eigenvalue weighted by atomic mass is 35.5. The molecule has 0 atom stereocenters. The first kappa shape index (κ1) is 15.6. The lowest BCUT2D eigenvalue weighted by Gasteiger charge is -2.02. The van der Waals surface area contributed by atoms with Crippen LogP contribution in [-0.4, -0.2) is 25.9 Å². The van der Waals surface area contributed by atoms with Gasteiger partial charge in [-0.25, -0.2) is 0 Å². The number of benzene rings is 1. The molecule has 1 amide bonds. The fourth-order valence-corrected chi connectivity index (χ4v) is 2.35. The summed E-state index contributed by atoms with van der Waals surface area (Å²) in [5, 5.41) is 14.6. The smallest absolute Gasteiger partial charge is 0.273 e. The molecule has 0 spiro atoms. The van der Waals surface area contributed by atoms with Gasteiger partial charge in [-0.2, -0.15) is 10.2 Å². The van der Waals surface area contributed by atoms with Crippen molar-refractivity contribution in [3.05, 3.63) is 51.9 Å². The van der Waals surface area contributed by atoms with Crippen LogP contribution >= 0.6 is 23.2 Å². The monoisotopic (exact) mass is 349 g/mol. The van der Waals surface area contributed by atoms with E-state index >= 15 is 0 Å². The molecule has 0 saturated heterocycles. The lowest BCUT2D eigenvalue weighted by Crippen LogP contribution is -2.12. The Labute approximate surface area is 142 Å². The molecule has 0 radical (unpaired) electrons. The zero-order valence-corrected chi connectivity index (χ0v) is 13.9. The van der Waals surface area contributed by atoms with Gasteiger partial charge in [0.1, 0.15) is 5.69 Å². The minimum Gasteiger partial charge on any atom is -0.318 e. The molecule has 118 valence electrons. The van der Waals surface area contributed by atoms with Crippen LogP contribution in [0.25, 0.3) is 11.3 Å². The fraction of sp³-hybridized carbons (Fsp3) is 0.133. The summed E-state index contributed by atoms with van der Waals surface area (Å²) in [6, 6.07) is 6.83. The van der Waals surface area contributed by atoms with Crippen molar-refractivity contribution in [2.45, 2.75) is 6.92 Å². The third-order valence-corrected chi connectivity index (χ3v) is 4.26. The van der Waals surface area contributed by atoms with Gasteiger partial charge in [-0.3, -0.25) is 14.6 Å². The van der Waals surface area contributed by atoms with Gasteiger partial charge in [-0.15, -0.1) is 0 Å². The number of aryl methyl sites for hydroxylation is 1. The molecule has 0 aliphatic rings. The number of anilines is 1. The van der Waals surface area contributed by atoms with E-state index in [1.807, 2.05) is 14.0 Å². The lowest BCUT2D eigenvalue weighted by molar-refractivity contribution is 0.102. The van der Waals surface area contributed by atoms with Crippen LogP contribution in [0.15, 0.2) is 30.5 Å². The van der Waals surface area contributed by atoms with E-state index in [0.29, 0.717) is 27.1 Å².